The summed E-state index contributed by atoms with van der Waals surface area (Å²) in [5.74, 6) is 2.12. The summed E-state index contributed by atoms with van der Waals surface area (Å²) in [5, 5.41) is 9.65. The van der Waals surface area contributed by atoms with Crippen LogP contribution in [0.25, 0.3) is 12.2 Å². The van der Waals surface area contributed by atoms with Gasteiger partial charge in [-0.2, -0.15) is 0 Å². The van der Waals surface area contributed by atoms with Gasteiger partial charge in [-0.3, -0.25) is 0 Å². The highest BCUT2D eigenvalue weighted by Gasteiger charge is 2.48. The molecule has 0 saturated carbocycles. The summed E-state index contributed by atoms with van der Waals surface area (Å²) in [5.41, 5.74) is 5.04. The third-order valence-corrected chi connectivity index (χ3v) is 20.3. The quantitative estimate of drug-likeness (QED) is 0.215. The van der Waals surface area contributed by atoms with Gasteiger partial charge in [-0.15, -0.1) is 0 Å². The SMILES string of the molecule is CC(C)[Si](Oc1cc(/C=C/c2ccc(O)cc2)cc(O[Si](C(C)C)(C(C)C)C(C)C)c1)(C(C)C)C(C)C. The van der Waals surface area contributed by atoms with Crippen molar-refractivity contribution in [3.8, 4) is 17.2 Å². The van der Waals surface area contributed by atoms with Crippen LogP contribution in [0.4, 0.5) is 0 Å². The minimum Gasteiger partial charge on any atom is -0.543 e. The summed E-state index contributed by atoms with van der Waals surface area (Å²) in [4.78, 5) is 0. The number of aromatic hydroxyl groups is 1. The van der Waals surface area contributed by atoms with Crippen molar-refractivity contribution in [2.75, 3.05) is 0 Å². The molecule has 3 nitrogen and oxygen atoms in total. The van der Waals surface area contributed by atoms with E-state index in [4.69, 9.17) is 8.85 Å². The second-order valence-electron chi connectivity index (χ2n) is 12.5. The smallest absolute Gasteiger partial charge is 0.258 e. The zero-order chi connectivity index (χ0) is 28.1. The van der Waals surface area contributed by atoms with Gasteiger partial charge >= 0.3 is 0 Å². The second-order valence-corrected chi connectivity index (χ2v) is 23.3. The van der Waals surface area contributed by atoms with E-state index in [2.05, 4.69) is 113 Å². The Bertz CT molecular complexity index is 925. The molecule has 1 N–H and O–H groups in total. The summed E-state index contributed by atoms with van der Waals surface area (Å²) < 4.78 is 14.3. The summed E-state index contributed by atoms with van der Waals surface area (Å²) in [7, 11) is -4.26. The van der Waals surface area contributed by atoms with Crippen molar-refractivity contribution in [2.24, 2.45) is 0 Å². The van der Waals surface area contributed by atoms with Crippen LogP contribution in [0, 0.1) is 0 Å². The molecule has 0 heterocycles. The number of hydrogen-bond donors (Lipinski definition) is 1. The van der Waals surface area contributed by atoms with Crippen LogP contribution in [-0.4, -0.2) is 21.7 Å². The molecule has 0 saturated heterocycles. The van der Waals surface area contributed by atoms with E-state index in [-0.39, 0.29) is 5.75 Å². The van der Waals surface area contributed by atoms with Gasteiger partial charge in [-0.05, 0) is 68.6 Å². The topological polar surface area (TPSA) is 38.7 Å². The van der Waals surface area contributed by atoms with Gasteiger partial charge in [0.2, 0.25) is 0 Å². The highest BCUT2D eigenvalue weighted by Crippen LogP contribution is 2.46. The van der Waals surface area contributed by atoms with Crippen LogP contribution in [0.1, 0.15) is 94.2 Å². The van der Waals surface area contributed by atoms with Gasteiger partial charge in [0.25, 0.3) is 16.6 Å². The largest absolute Gasteiger partial charge is 0.543 e. The van der Waals surface area contributed by atoms with Crippen molar-refractivity contribution >= 4 is 28.8 Å². The van der Waals surface area contributed by atoms with Crippen molar-refractivity contribution in [2.45, 2.75) is 116 Å². The van der Waals surface area contributed by atoms with Crippen LogP contribution in [0.15, 0.2) is 42.5 Å². The lowest BCUT2D eigenvalue weighted by atomic mass is 10.1. The summed E-state index contributed by atoms with van der Waals surface area (Å²) >= 11 is 0. The maximum absolute atomic E-state index is 9.65. The standard InChI is InChI=1S/C32H52O3Si2/c1-22(2)36(23(3)4,24(5)6)34-31-19-29(14-13-28-15-17-30(33)18-16-28)20-32(21-31)35-37(25(7)8,26(9)10)27(11)12/h13-27,33H,1-12H3/b14-13+. The normalized spacial score (nSPS) is 13.2. The molecular weight excluding hydrogens is 489 g/mol. The van der Waals surface area contributed by atoms with E-state index < -0.39 is 16.6 Å². The van der Waals surface area contributed by atoms with E-state index >= 15 is 0 Å². The van der Waals surface area contributed by atoms with E-state index in [1.807, 2.05) is 12.1 Å². The first-order valence-corrected chi connectivity index (χ1v) is 18.4. The van der Waals surface area contributed by atoms with Crippen molar-refractivity contribution in [3.05, 3.63) is 53.6 Å². The summed E-state index contributed by atoms with van der Waals surface area (Å²) in [6.07, 6.45) is 4.21. The van der Waals surface area contributed by atoms with E-state index in [1.54, 1.807) is 12.1 Å². The van der Waals surface area contributed by atoms with Crippen LogP contribution >= 0.6 is 0 Å². The highest BCUT2D eigenvalue weighted by atomic mass is 28.4. The Balaban J connectivity index is 2.66. The predicted molar refractivity (Wildman–Crippen MR) is 167 cm³/mol. The van der Waals surface area contributed by atoms with Gasteiger partial charge in [0.15, 0.2) is 0 Å². The molecular formula is C32H52O3Si2. The Hall–Kier alpha value is -1.99. The molecule has 5 heteroatoms. The Labute approximate surface area is 229 Å². The number of phenols is 1. The minimum atomic E-state index is -2.13. The van der Waals surface area contributed by atoms with Gasteiger partial charge in [-0.25, -0.2) is 0 Å². The molecule has 0 aliphatic heterocycles. The fourth-order valence-electron chi connectivity index (χ4n) is 6.70. The highest BCUT2D eigenvalue weighted by molar-refractivity contribution is 6.78. The number of rotatable bonds is 12. The Morgan fingerprint density at radius 2 is 0.838 bits per heavy atom. The molecule has 0 spiro atoms. The molecule has 0 amide bonds. The third kappa shape index (κ3) is 6.91. The zero-order valence-corrected chi connectivity index (χ0v) is 27.4. The van der Waals surface area contributed by atoms with Crippen molar-refractivity contribution in [1.82, 2.24) is 0 Å². The fraction of sp³-hybridized carbons (Fsp3) is 0.562. The minimum absolute atomic E-state index is 0.276. The molecule has 0 fully saturated rings. The van der Waals surface area contributed by atoms with Crippen LogP contribution in [0.5, 0.6) is 17.2 Å². The predicted octanol–water partition coefficient (Wildman–Crippen LogP) is 10.7. The first-order valence-electron chi connectivity index (χ1n) is 14.2. The molecule has 0 radical (unpaired) electrons. The molecule has 37 heavy (non-hydrogen) atoms. The molecule has 0 aliphatic carbocycles. The molecule has 0 unspecified atom stereocenters. The van der Waals surface area contributed by atoms with Gasteiger partial charge < -0.3 is 14.0 Å². The second kappa shape index (κ2) is 12.7. The van der Waals surface area contributed by atoms with Crippen LogP contribution in [0.2, 0.25) is 33.2 Å². The molecule has 0 aliphatic rings. The summed E-state index contributed by atoms with van der Waals surface area (Å²) in [6, 6.07) is 13.8. The van der Waals surface area contributed by atoms with Crippen molar-refractivity contribution in [1.29, 1.82) is 0 Å². The molecule has 2 aromatic rings. The molecule has 0 bridgehead atoms. The number of hydrogen-bond acceptors (Lipinski definition) is 3. The molecule has 2 rings (SSSR count). The molecule has 0 aromatic heterocycles. The lowest BCUT2D eigenvalue weighted by Crippen LogP contribution is -2.51. The van der Waals surface area contributed by atoms with Crippen LogP contribution in [-0.2, 0) is 0 Å². The van der Waals surface area contributed by atoms with Crippen LogP contribution < -0.4 is 8.85 Å². The number of benzene rings is 2. The van der Waals surface area contributed by atoms with Gasteiger partial charge in [0, 0.05) is 6.07 Å². The average molecular weight is 541 g/mol. The van der Waals surface area contributed by atoms with Gasteiger partial charge in [0.1, 0.15) is 17.2 Å². The summed E-state index contributed by atoms with van der Waals surface area (Å²) in [6.45, 7) is 27.9. The Kier molecular flexibility index (Phi) is 10.7. The maximum Gasteiger partial charge on any atom is 0.258 e. The maximum atomic E-state index is 9.65. The first kappa shape index (κ1) is 31.2. The van der Waals surface area contributed by atoms with E-state index in [1.165, 1.54) is 0 Å². The van der Waals surface area contributed by atoms with Gasteiger partial charge in [-0.1, -0.05) is 107 Å². The van der Waals surface area contributed by atoms with Crippen molar-refractivity contribution in [3.63, 3.8) is 0 Å². The Morgan fingerprint density at radius 1 is 0.514 bits per heavy atom. The monoisotopic (exact) mass is 540 g/mol. The average Bonchev–Trinajstić information content (AvgIpc) is 2.79. The van der Waals surface area contributed by atoms with E-state index in [0.29, 0.717) is 33.2 Å². The van der Waals surface area contributed by atoms with Crippen LogP contribution in [0.3, 0.4) is 0 Å². The van der Waals surface area contributed by atoms with E-state index in [0.717, 1.165) is 22.6 Å². The lowest BCUT2D eigenvalue weighted by Gasteiger charge is -2.43. The van der Waals surface area contributed by atoms with Crippen molar-refractivity contribution < 1.29 is 14.0 Å². The third-order valence-electron chi connectivity index (χ3n) is 8.27. The van der Waals surface area contributed by atoms with Gasteiger partial charge in [0.05, 0.1) is 0 Å². The first-order chi connectivity index (χ1) is 17.2. The zero-order valence-electron chi connectivity index (χ0n) is 25.4. The number of phenolic OH excluding ortho intramolecular Hbond substituents is 1. The molecule has 206 valence electrons. The molecule has 2 aromatic carbocycles. The molecule has 0 atom stereocenters. The Morgan fingerprint density at radius 3 is 1.16 bits per heavy atom. The fourth-order valence-corrected chi connectivity index (χ4v) is 17.2. The van der Waals surface area contributed by atoms with E-state index in [9.17, 15) is 5.11 Å². The lowest BCUT2D eigenvalue weighted by molar-refractivity contribution is 0.461.